The van der Waals surface area contributed by atoms with Gasteiger partial charge in [-0.15, -0.1) is 0 Å². The molecule has 0 saturated carbocycles. The van der Waals surface area contributed by atoms with E-state index in [2.05, 4.69) is 20.6 Å². The molecular weight excluding hydrogens is 357 g/mol. The van der Waals surface area contributed by atoms with Crippen LogP contribution in [0.2, 0.25) is 0 Å². The highest BCUT2D eigenvalue weighted by atomic mass is 19.4. The van der Waals surface area contributed by atoms with Crippen molar-refractivity contribution >= 4 is 23.1 Å². The van der Waals surface area contributed by atoms with Gasteiger partial charge >= 0.3 is 6.18 Å². The number of ether oxygens (including phenoxy) is 1. The molecule has 0 spiro atoms. The summed E-state index contributed by atoms with van der Waals surface area (Å²) in [7, 11) is 0. The fourth-order valence-corrected chi connectivity index (χ4v) is 2.38. The Kier molecular flexibility index (Phi) is 5.44. The van der Waals surface area contributed by atoms with Gasteiger partial charge in [-0.25, -0.2) is 4.98 Å². The quantitative estimate of drug-likeness (QED) is 0.606. The molecule has 0 saturated heterocycles. The lowest BCUT2D eigenvalue weighted by molar-refractivity contribution is -0.137. The first-order valence-electron chi connectivity index (χ1n) is 8.22. The van der Waals surface area contributed by atoms with E-state index in [1.54, 1.807) is 6.07 Å². The number of anilines is 4. The number of benzene rings is 2. The number of rotatable bonds is 6. The number of aromatic nitrogens is 2. The van der Waals surface area contributed by atoms with Crippen molar-refractivity contribution in [3.63, 3.8) is 0 Å². The fourth-order valence-electron chi connectivity index (χ4n) is 2.38. The minimum Gasteiger partial charge on any atom is -0.492 e. The average Bonchev–Trinajstić information content (AvgIpc) is 2.63. The third-order valence-corrected chi connectivity index (χ3v) is 3.55. The first-order valence-corrected chi connectivity index (χ1v) is 8.22. The van der Waals surface area contributed by atoms with Crippen LogP contribution in [0.3, 0.4) is 0 Å². The number of para-hydroxylation sites is 2. The highest BCUT2D eigenvalue weighted by Crippen LogP contribution is 2.31. The van der Waals surface area contributed by atoms with Gasteiger partial charge in [0.1, 0.15) is 11.6 Å². The van der Waals surface area contributed by atoms with E-state index in [4.69, 9.17) is 4.74 Å². The first kappa shape index (κ1) is 18.5. The lowest BCUT2D eigenvalue weighted by atomic mass is 10.2. The Morgan fingerprint density at radius 2 is 1.81 bits per heavy atom. The van der Waals surface area contributed by atoms with E-state index in [-0.39, 0.29) is 11.6 Å². The lowest BCUT2D eigenvalue weighted by Crippen LogP contribution is -2.06. The molecule has 2 N–H and O–H groups in total. The Balaban J connectivity index is 1.79. The lowest BCUT2D eigenvalue weighted by Gasteiger charge is -2.13. The summed E-state index contributed by atoms with van der Waals surface area (Å²) < 4.78 is 44.1. The van der Waals surface area contributed by atoms with Gasteiger partial charge in [0.05, 0.1) is 17.9 Å². The maximum absolute atomic E-state index is 12.8. The van der Waals surface area contributed by atoms with Crippen LogP contribution in [-0.2, 0) is 6.18 Å². The molecule has 0 atom stereocenters. The first-order chi connectivity index (χ1) is 13.0. The van der Waals surface area contributed by atoms with Crippen LogP contribution in [0.15, 0.2) is 60.8 Å². The zero-order chi connectivity index (χ0) is 19.3. The van der Waals surface area contributed by atoms with Gasteiger partial charge < -0.3 is 15.4 Å². The number of halogens is 3. The number of nitrogens with zero attached hydrogens (tertiary/aromatic N) is 2. The van der Waals surface area contributed by atoms with Gasteiger partial charge in [0.2, 0.25) is 5.95 Å². The fraction of sp³-hybridized carbons (Fsp3) is 0.158. The third-order valence-electron chi connectivity index (χ3n) is 3.55. The largest absolute Gasteiger partial charge is 0.492 e. The Morgan fingerprint density at radius 1 is 1.00 bits per heavy atom. The van der Waals surface area contributed by atoms with Gasteiger partial charge in [0.15, 0.2) is 0 Å². The maximum atomic E-state index is 12.8. The van der Waals surface area contributed by atoms with E-state index in [0.29, 0.717) is 18.2 Å². The normalized spacial score (nSPS) is 11.1. The second-order valence-electron chi connectivity index (χ2n) is 5.52. The third kappa shape index (κ3) is 4.87. The molecule has 0 unspecified atom stereocenters. The van der Waals surface area contributed by atoms with Crippen LogP contribution in [0.5, 0.6) is 5.75 Å². The average molecular weight is 374 g/mol. The number of hydrogen-bond acceptors (Lipinski definition) is 5. The van der Waals surface area contributed by atoms with Crippen LogP contribution >= 0.6 is 0 Å². The van der Waals surface area contributed by atoms with Crippen LogP contribution in [0.25, 0.3) is 0 Å². The molecule has 0 aliphatic rings. The van der Waals surface area contributed by atoms with Crippen molar-refractivity contribution < 1.29 is 17.9 Å². The highest BCUT2D eigenvalue weighted by molar-refractivity contribution is 5.65. The van der Waals surface area contributed by atoms with E-state index < -0.39 is 11.7 Å². The number of nitrogens with one attached hydrogen (secondary N) is 2. The van der Waals surface area contributed by atoms with E-state index >= 15 is 0 Å². The predicted molar refractivity (Wildman–Crippen MR) is 97.7 cm³/mol. The van der Waals surface area contributed by atoms with Crippen LogP contribution < -0.4 is 15.4 Å². The summed E-state index contributed by atoms with van der Waals surface area (Å²) in [6, 6.07) is 13.9. The molecule has 5 nitrogen and oxygen atoms in total. The zero-order valence-electron chi connectivity index (χ0n) is 14.4. The molecule has 1 aromatic heterocycles. The van der Waals surface area contributed by atoms with Crippen molar-refractivity contribution in [2.24, 2.45) is 0 Å². The Hall–Kier alpha value is -3.29. The van der Waals surface area contributed by atoms with Crippen molar-refractivity contribution in [2.45, 2.75) is 13.1 Å². The van der Waals surface area contributed by atoms with E-state index in [1.165, 1.54) is 18.3 Å². The highest BCUT2D eigenvalue weighted by Gasteiger charge is 2.30. The van der Waals surface area contributed by atoms with Gasteiger partial charge in [-0.1, -0.05) is 18.2 Å². The maximum Gasteiger partial charge on any atom is 0.416 e. The Labute approximate surface area is 154 Å². The second kappa shape index (κ2) is 7.94. The van der Waals surface area contributed by atoms with Crippen molar-refractivity contribution in [1.29, 1.82) is 0 Å². The summed E-state index contributed by atoms with van der Waals surface area (Å²) in [5, 5.41) is 5.91. The summed E-state index contributed by atoms with van der Waals surface area (Å²) in [6.07, 6.45) is -2.90. The molecule has 0 radical (unpaired) electrons. The van der Waals surface area contributed by atoms with E-state index in [0.717, 1.165) is 17.8 Å². The molecule has 2 aromatic carbocycles. The molecule has 27 heavy (non-hydrogen) atoms. The van der Waals surface area contributed by atoms with Crippen molar-refractivity contribution in [1.82, 2.24) is 9.97 Å². The topological polar surface area (TPSA) is 59.1 Å². The van der Waals surface area contributed by atoms with E-state index in [1.807, 2.05) is 31.2 Å². The summed E-state index contributed by atoms with van der Waals surface area (Å²) in [4.78, 5) is 8.34. The minimum absolute atomic E-state index is 0.174. The van der Waals surface area contributed by atoms with E-state index in [9.17, 15) is 13.2 Å². The molecule has 3 rings (SSSR count). The summed E-state index contributed by atoms with van der Waals surface area (Å²) in [6.45, 7) is 2.41. The summed E-state index contributed by atoms with van der Waals surface area (Å²) in [5.74, 6) is 1.32. The van der Waals surface area contributed by atoms with Gasteiger partial charge in [-0.05, 0) is 43.3 Å². The smallest absolute Gasteiger partial charge is 0.416 e. The zero-order valence-corrected chi connectivity index (χ0v) is 14.4. The van der Waals surface area contributed by atoms with Gasteiger partial charge in [-0.2, -0.15) is 18.2 Å². The molecule has 0 fully saturated rings. The van der Waals surface area contributed by atoms with Gasteiger partial charge in [0, 0.05) is 11.9 Å². The molecule has 0 bridgehead atoms. The molecule has 8 heteroatoms. The monoisotopic (exact) mass is 374 g/mol. The van der Waals surface area contributed by atoms with Crippen LogP contribution in [-0.4, -0.2) is 16.6 Å². The number of alkyl halides is 3. The molecule has 0 aliphatic heterocycles. The molecule has 0 amide bonds. The molecule has 0 aliphatic carbocycles. The number of hydrogen-bond donors (Lipinski definition) is 2. The molecule has 1 heterocycles. The Morgan fingerprint density at radius 3 is 2.59 bits per heavy atom. The second-order valence-corrected chi connectivity index (χ2v) is 5.52. The van der Waals surface area contributed by atoms with Gasteiger partial charge in [-0.3, -0.25) is 0 Å². The Bertz CT molecular complexity index is 915. The van der Waals surface area contributed by atoms with Crippen LogP contribution in [0.1, 0.15) is 12.5 Å². The summed E-state index contributed by atoms with van der Waals surface area (Å²) in [5.41, 5.74) is 0.229. The van der Waals surface area contributed by atoms with Crippen molar-refractivity contribution in [3.05, 3.63) is 66.4 Å². The standard InChI is InChI=1S/C19H17F3N4O/c1-2-27-16-9-4-3-8-15(16)25-17-10-11-23-18(26-17)24-14-7-5-6-13(12-14)19(20,21)22/h3-12H,2H2,1H3,(H2,23,24,25,26). The SMILES string of the molecule is CCOc1ccccc1Nc1ccnc(Nc2cccc(C(F)(F)F)c2)n1. The predicted octanol–water partition coefficient (Wildman–Crippen LogP) is 5.38. The van der Waals surface area contributed by atoms with Crippen molar-refractivity contribution in [3.8, 4) is 5.75 Å². The van der Waals surface area contributed by atoms with Crippen LogP contribution in [0, 0.1) is 0 Å². The van der Waals surface area contributed by atoms with Crippen molar-refractivity contribution in [2.75, 3.05) is 17.2 Å². The molecule has 3 aromatic rings. The minimum atomic E-state index is -4.41. The van der Waals surface area contributed by atoms with Crippen LogP contribution in [0.4, 0.5) is 36.3 Å². The molecular formula is C19H17F3N4O. The van der Waals surface area contributed by atoms with Gasteiger partial charge in [0.25, 0.3) is 0 Å². The summed E-state index contributed by atoms with van der Waals surface area (Å²) >= 11 is 0. The molecule has 140 valence electrons.